The number of nitrogens with zero attached hydrogens (tertiary/aromatic N) is 1. The molecule has 1 amide bonds. The third-order valence-electron chi connectivity index (χ3n) is 4.86. The lowest BCUT2D eigenvalue weighted by Crippen LogP contribution is -2.32. The molecule has 156 valence electrons. The molecular weight excluding hydrogens is 426 g/mol. The minimum atomic E-state index is -3.89. The lowest BCUT2D eigenvalue weighted by Gasteiger charge is -2.13. The van der Waals surface area contributed by atoms with Crippen LogP contribution in [0.25, 0.3) is 10.9 Å². The first-order valence-electron chi connectivity index (χ1n) is 9.49. The summed E-state index contributed by atoms with van der Waals surface area (Å²) in [6.07, 6.45) is 3.12. The van der Waals surface area contributed by atoms with Crippen molar-refractivity contribution in [3.8, 4) is 0 Å². The summed E-state index contributed by atoms with van der Waals surface area (Å²) in [6.45, 7) is 0.796. The highest BCUT2D eigenvalue weighted by atomic mass is 35.5. The molecule has 2 N–H and O–H groups in total. The van der Waals surface area contributed by atoms with E-state index in [2.05, 4.69) is 15.0 Å². The van der Waals surface area contributed by atoms with Gasteiger partial charge in [-0.1, -0.05) is 29.8 Å². The Balaban J connectivity index is 1.53. The lowest BCUT2D eigenvalue weighted by atomic mass is 10.2. The summed E-state index contributed by atoms with van der Waals surface area (Å²) in [6, 6.07) is 13.5. The van der Waals surface area contributed by atoms with Crippen molar-refractivity contribution in [2.24, 2.45) is 0 Å². The van der Waals surface area contributed by atoms with Crippen molar-refractivity contribution in [1.29, 1.82) is 0 Å². The predicted molar refractivity (Wildman–Crippen MR) is 115 cm³/mol. The number of benzene rings is 2. The smallest absolute Gasteiger partial charge is 0.255 e. The predicted octanol–water partition coefficient (Wildman–Crippen LogP) is 3.60. The Morgan fingerprint density at radius 2 is 2.03 bits per heavy atom. The van der Waals surface area contributed by atoms with E-state index in [1.54, 1.807) is 12.3 Å². The number of anilines is 1. The zero-order valence-electron chi connectivity index (χ0n) is 16.0. The number of halogens is 1. The molecule has 0 aliphatic carbocycles. The van der Waals surface area contributed by atoms with Gasteiger partial charge in [0.15, 0.2) is 0 Å². The van der Waals surface area contributed by atoms with Crippen molar-refractivity contribution in [2.75, 3.05) is 18.5 Å². The number of fused-ring (bicyclic) bond motifs is 1. The summed E-state index contributed by atoms with van der Waals surface area (Å²) in [4.78, 5) is 16.9. The second-order valence-electron chi connectivity index (χ2n) is 7.00. The Kier molecular flexibility index (Phi) is 6.01. The van der Waals surface area contributed by atoms with Crippen molar-refractivity contribution in [3.63, 3.8) is 0 Å². The fraction of sp³-hybridized carbons (Fsp3) is 0.238. The van der Waals surface area contributed by atoms with Crippen LogP contribution >= 0.6 is 11.6 Å². The molecular formula is C21H20ClN3O4S. The van der Waals surface area contributed by atoms with Crippen LogP contribution in [0.3, 0.4) is 0 Å². The molecule has 4 rings (SSSR count). The van der Waals surface area contributed by atoms with Crippen LogP contribution in [0.2, 0.25) is 5.02 Å². The van der Waals surface area contributed by atoms with Crippen LogP contribution in [-0.2, 0) is 14.8 Å². The molecule has 2 aromatic carbocycles. The van der Waals surface area contributed by atoms with E-state index in [0.29, 0.717) is 12.3 Å². The molecule has 1 atom stereocenters. The van der Waals surface area contributed by atoms with Gasteiger partial charge in [-0.2, -0.15) is 0 Å². The number of sulfonamides is 1. The monoisotopic (exact) mass is 445 g/mol. The summed E-state index contributed by atoms with van der Waals surface area (Å²) in [7, 11) is -3.89. The van der Waals surface area contributed by atoms with Crippen molar-refractivity contribution in [1.82, 2.24) is 9.71 Å². The molecule has 1 aliphatic heterocycles. The number of para-hydroxylation sites is 1. The molecule has 30 heavy (non-hydrogen) atoms. The highest BCUT2D eigenvalue weighted by Crippen LogP contribution is 2.24. The number of pyridine rings is 1. The standard InChI is InChI=1S/C21H20ClN3O4S/c22-18-8-7-15(11-20(18)30(27,28)24-13-17-5-3-9-29-17)21(26)25-16-10-14-4-1-2-6-19(14)23-12-16/h1-2,4,6-8,10-12,17,24H,3,5,9,13H2,(H,25,26). The molecule has 2 heterocycles. The number of carbonyl (C=O) groups excluding carboxylic acids is 1. The van der Waals surface area contributed by atoms with E-state index < -0.39 is 15.9 Å². The normalized spacial score (nSPS) is 16.6. The van der Waals surface area contributed by atoms with Gasteiger partial charge in [-0.3, -0.25) is 9.78 Å². The highest BCUT2D eigenvalue weighted by molar-refractivity contribution is 7.89. The van der Waals surface area contributed by atoms with Crippen molar-refractivity contribution in [3.05, 3.63) is 65.3 Å². The molecule has 1 fully saturated rings. The number of carbonyl (C=O) groups is 1. The number of hydrogen-bond acceptors (Lipinski definition) is 5. The summed E-state index contributed by atoms with van der Waals surface area (Å²) in [5.74, 6) is -0.459. The molecule has 1 aromatic heterocycles. The van der Waals surface area contributed by atoms with Gasteiger partial charge in [0.25, 0.3) is 5.91 Å². The number of nitrogens with one attached hydrogen (secondary N) is 2. The first-order valence-corrected chi connectivity index (χ1v) is 11.4. The van der Waals surface area contributed by atoms with Crippen LogP contribution in [0, 0.1) is 0 Å². The fourth-order valence-corrected chi connectivity index (χ4v) is 4.87. The van der Waals surface area contributed by atoms with E-state index in [0.717, 1.165) is 23.7 Å². The maximum atomic E-state index is 12.7. The van der Waals surface area contributed by atoms with Gasteiger partial charge in [-0.25, -0.2) is 13.1 Å². The first-order chi connectivity index (χ1) is 14.4. The lowest BCUT2D eigenvalue weighted by molar-refractivity contribution is 0.102. The molecule has 1 unspecified atom stereocenters. The summed E-state index contributed by atoms with van der Waals surface area (Å²) in [5, 5.41) is 3.67. The van der Waals surface area contributed by atoms with Gasteiger partial charge in [-0.15, -0.1) is 0 Å². The van der Waals surface area contributed by atoms with E-state index in [4.69, 9.17) is 16.3 Å². The SMILES string of the molecule is O=C(Nc1cnc2ccccc2c1)c1ccc(Cl)c(S(=O)(=O)NCC2CCCO2)c1. The van der Waals surface area contributed by atoms with Gasteiger partial charge >= 0.3 is 0 Å². The minimum absolute atomic E-state index is 0.0405. The first kappa shape index (κ1) is 20.7. The largest absolute Gasteiger partial charge is 0.377 e. The van der Waals surface area contributed by atoms with E-state index in [1.165, 1.54) is 18.2 Å². The molecule has 7 nitrogen and oxygen atoms in total. The van der Waals surface area contributed by atoms with Crippen LogP contribution in [-0.4, -0.2) is 38.6 Å². The molecule has 1 aliphatic rings. The van der Waals surface area contributed by atoms with Gasteiger partial charge in [0.1, 0.15) is 4.90 Å². The average Bonchev–Trinajstić information content (AvgIpc) is 3.26. The maximum absolute atomic E-state index is 12.7. The number of aromatic nitrogens is 1. The average molecular weight is 446 g/mol. The van der Waals surface area contributed by atoms with E-state index in [9.17, 15) is 13.2 Å². The minimum Gasteiger partial charge on any atom is -0.377 e. The van der Waals surface area contributed by atoms with Crippen LogP contribution < -0.4 is 10.0 Å². The van der Waals surface area contributed by atoms with Gasteiger partial charge in [0.05, 0.1) is 28.5 Å². The second kappa shape index (κ2) is 8.69. The zero-order chi connectivity index (χ0) is 21.1. The van der Waals surface area contributed by atoms with E-state index >= 15 is 0 Å². The topological polar surface area (TPSA) is 97.4 Å². The molecule has 0 saturated carbocycles. The van der Waals surface area contributed by atoms with Crippen LogP contribution in [0.4, 0.5) is 5.69 Å². The Morgan fingerprint density at radius 3 is 2.83 bits per heavy atom. The third-order valence-corrected chi connectivity index (χ3v) is 6.76. The fourth-order valence-electron chi connectivity index (χ4n) is 3.28. The Hall–Kier alpha value is -2.52. The van der Waals surface area contributed by atoms with E-state index in [-0.39, 0.29) is 28.1 Å². The number of amides is 1. The molecule has 1 saturated heterocycles. The van der Waals surface area contributed by atoms with Crippen molar-refractivity contribution < 1.29 is 17.9 Å². The summed E-state index contributed by atoms with van der Waals surface area (Å²) in [5.41, 5.74) is 1.49. The van der Waals surface area contributed by atoms with Gasteiger partial charge < -0.3 is 10.1 Å². The van der Waals surface area contributed by atoms with Crippen molar-refractivity contribution >= 4 is 44.1 Å². The number of rotatable bonds is 6. The molecule has 3 aromatic rings. The van der Waals surface area contributed by atoms with Crippen LogP contribution in [0.5, 0.6) is 0 Å². The van der Waals surface area contributed by atoms with Crippen LogP contribution in [0.1, 0.15) is 23.2 Å². The molecule has 0 spiro atoms. The summed E-state index contributed by atoms with van der Waals surface area (Å²) < 4.78 is 33.4. The maximum Gasteiger partial charge on any atom is 0.255 e. The highest BCUT2D eigenvalue weighted by Gasteiger charge is 2.23. The van der Waals surface area contributed by atoms with Crippen molar-refractivity contribution in [2.45, 2.75) is 23.8 Å². The van der Waals surface area contributed by atoms with Gasteiger partial charge in [0, 0.05) is 24.1 Å². The number of ether oxygens (including phenoxy) is 1. The zero-order valence-corrected chi connectivity index (χ0v) is 17.5. The Bertz CT molecular complexity index is 1190. The van der Waals surface area contributed by atoms with Crippen LogP contribution in [0.15, 0.2) is 59.6 Å². The van der Waals surface area contributed by atoms with Gasteiger partial charge in [0.2, 0.25) is 10.0 Å². The second-order valence-corrected chi connectivity index (χ2v) is 9.15. The Labute approximate surface area is 179 Å². The third kappa shape index (κ3) is 4.62. The number of hydrogen-bond donors (Lipinski definition) is 2. The molecule has 0 bridgehead atoms. The van der Waals surface area contributed by atoms with E-state index in [1.807, 2.05) is 24.3 Å². The Morgan fingerprint density at radius 1 is 1.20 bits per heavy atom. The summed E-state index contributed by atoms with van der Waals surface area (Å²) >= 11 is 6.11. The van der Waals surface area contributed by atoms with Gasteiger partial charge in [-0.05, 0) is 43.2 Å². The quantitative estimate of drug-likeness (QED) is 0.604. The molecule has 0 radical (unpaired) electrons. The molecule has 9 heteroatoms.